The van der Waals surface area contributed by atoms with Gasteiger partial charge < -0.3 is 10.2 Å². The summed E-state index contributed by atoms with van der Waals surface area (Å²) in [5.41, 5.74) is 1.49. The van der Waals surface area contributed by atoms with E-state index in [1.165, 1.54) is 0 Å². The Balaban J connectivity index is 1.75. The summed E-state index contributed by atoms with van der Waals surface area (Å²) in [6.45, 7) is 1.58. The summed E-state index contributed by atoms with van der Waals surface area (Å²) in [7, 11) is 0. The van der Waals surface area contributed by atoms with Crippen LogP contribution in [-0.4, -0.2) is 25.0 Å². The van der Waals surface area contributed by atoms with Crippen molar-refractivity contribution in [3.8, 4) is 0 Å². The lowest BCUT2D eigenvalue weighted by Gasteiger charge is -2.26. The second kappa shape index (κ2) is 4.80. The molecule has 4 heteroatoms. The molecule has 2 fully saturated rings. The Bertz CT molecular complexity index is 574. The van der Waals surface area contributed by atoms with Gasteiger partial charge in [0.05, 0.1) is 11.7 Å². The lowest BCUT2D eigenvalue weighted by molar-refractivity contribution is -0.120. The van der Waals surface area contributed by atoms with Gasteiger partial charge in [0, 0.05) is 17.5 Å². The van der Waals surface area contributed by atoms with Crippen LogP contribution in [0.5, 0.6) is 0 Å². The van der Waals surface area contributed by atoms with E-state index in [9.17, 15) is 9.18 Å². The number of fused-ring (bicyclic) bond motifs is 2. The minimum atomic E-state index is -0.135. The fourth-order valence-electron chi connectivity index (χ4n) is 4.47. The molecule has 2 heterocycles. The van der Waals surface area contributed by atoms with Gasteiger partial charge in [0.25, 0.3) is 0 Å². The van der Waals surface area contributed by atoms with Crippen molar-refractivity contribution in [3.05, 3.63) is 29.6 Å². The minimum Gasteiger partial charge on any atom is -0.310 e. The first-order valence-corrected chi connectivity index (χ1v) is 8.05. The van der Waals surface area contributed by atoms with Gasteiger partial charge in [0.15, 0.2) is 0 Å². The number of benzene rings is 1. The first-order valence-electron chi connectivity index (χ1n) is 8.05. The van der Waals surface area contributed by atoms with E-state index >= 15 is 0 Å². The molecule has 1 aromatic carbocycles. The molecule has 2 aliphatic heterocycles. The van der Waals surface area contributed by atoms with Crippen LogP contribution in [0.1, 0.15) is 44.1 Å². The first-order chi connectivity index (χ1) is 10.2. The number of carbonyl (C=O) groups is 1. The average molecular weight is 288 g/mol. The normalized spacial score (nSPS) is 26.5. The molecule has 21 heavy (non-hydrogen) atoms. The molecule has 0 aromatic heterocycles. The summed E-state index contributed by atoms with van der Waals surface area (Å²) >= 11 is 0. The Labute approximate surface area is 124 Å². The Kier molecular flexibility index (Phi) is 3.03. The van der Waals surface area contributed by atoms with Gasteiger partial charge in [-0.1, -0.05) is 18.9 Å². The zero-order chi connectivity index (χ0) is 14.4. The van der Waals surface area contributed by atoms with Crippen molar-refractivity contribution >= 4 is 11.6 Å². The van der Waals surface area contributed by atoms with E-state index in [1.54, 1.807) is 12.1 Å². The molecule has 1 spiro atoms. The van der Waals surface area contributed by atoms with Crippen molar-refractivity contribution in [1.29, 1.82) is 0 Å². The van der Waals surface area contributed by atoms with E-state index < -0.39 is 0 Å². The summed E-state index contributed by atoms with van der Waals surface area (Å²) in [6.07, 6.45) is 6.22. The maximum atomic E-state index is 14.4. The van der Waals surface area contributed by atoms with Gasteiger partial charge in [-0.3, -0.25) is 4.79 Å². The molecule has 0 bridgehead atoms. The lowest BCUT2D eigenvalue weighted by Crippen LogP contribution is -2.45. The summed E-state index contributed by atoms with van der Waals surface area (Å²) in [6, 6.07) is 5.10. The largest absolute Gasteiger partial charge is 0.310 e. The van der Waals surface area contributed by atoms with Crippen molar-refractivity contribution in [2.45, 2.75) is 50.0 Å². The van der Waals surface area contributed by atoms with Crippen molar-refractivity contribution < 1.29 is 9.18 Å². The van der Waals surface area contributed by atoms with Crippen LogP contribution in [0.15, 0.2) is 18.2 Å². The molecule has 4 rings (SSSR count). The van der Waals surface area contributed by atoms with Gasteiger partial charge in [-0.25, -0.2) is 4.39 Å². The zero-order valence-electron chi connectivity index (χ0n) is 12.2. The molecule has 1 atom stereocenters. The van der Waals surface area contributed by atoms with E-state index in [0.717, 1.165) is 56.3 Å². The molecule has 1 aromatic rings. The topological polar surface area (TPSA) is 32.3 Å². The maximum Gasteiger partial charge on any atom is 0.244 e. The minimum absolute atomic E-state index is 0.0855. The quantitative estimate of drug-likeness (QED) is 0.862. The molecular weight excluding hydrogens is 267 g/mol. The predicted octanol–water partition coefficient (Wildman–Crippen LogP) is 2.74. The van der Waals surface area contributed by atoms with Crippen LogP contribution in [-0.2, 0) is 10.2 Å². The van der Waals surface area contributed by atoms with Gasteiger partial charge in [0.1, 0.15) is 5.82 Å². The fraction of sp³-hybridized carbons (Fsp3) is 0.588. The molecule has 0 radical (unpaired) electrons. The van der Waals surface area contributed by atoms with Gasteiger partial charge in [-0.2, -0.15) is 0 Å². The second-order valence-corrected chi connectivity index (χ2v) is 6.69. The summed E-state index contributed by atoms with van der Waals surface area (Å²) < 4.78 is 14.4. The highest BCUT2D eigenvalue weighted by atomic mass is 19.1. The highest BCUT2D eigenvalue weighted by Gasteiger charge is 2.48. The number of amides is 1. The number of halogens is 1. The van der Waals surface area contributed by atoms with Crippen LogP contribution < -0.4 is 10.2 Å². The van der Waals surface area contributed by atoms with Crippen LogP contribution in [0.3, 0.4) is 0 Å². The SMILES string of the molecule is O=C([C@H]1CCCN1)N1CC2(CCCC2)c2c(F)cccc21. The van der Waals surface area contributed by atoms with Crippen LogP contribution >= 0.6 is 0 Å². The van der Waals surface area contributed by atoms with Crippen LogP contribution in [0.25, 0.3) is 0 Å². The van der Waals surface area contributed by atoms with Crippen LogP contribution in [0, 0.1) is 5.82 Å². The van der Waals surface area contributed by atoms with Crippen molar-refractivity contribution in [3.63, 3.8) is 0 Å². The molecular formula is C17H21FN2O. The zero-order valence-corrected chi connectivity index (χ0v) is 12.2. The number of nitrogens with one attached hydrogen (secondary N) is 1. The molecule has 112 valence electrons. The molecule has 1 amide bonds. The summed E-state index contributed by atoms with van der Waals surface area (Å²) in [5, 5.41) is 3.27. The van der Waals surface area contributed by atoms with Gasteiger partial charge in [-0.15, -0.1) is 0 Å². The molecule has 1 saturated carbocycles. The van der Waals surface area contributed by atoms with E-state index in [-0.39, 0.29) is 23.2 Å². The molecule has 1 aliphatic carbocycles. The van der Waals surface area contributed by atoms with Gasteiger partial charge >= 0.3 is 0 Å². The molecule has 1 saturated heterocycles. The first kappa shape index (κ1) is 13.3. The smallest absolute Gasteiger partial charge is 0.244 e. The van der Waals surface area contributed by atoms with E-state index in [4.69, 9.17) is 0 Å². The lowest BCUT2D eigenvalue weighted by atomic mass is 9.80. The van der Waals surface area contributed by atoms with Crippen molar-refractivity contribution in [2.24, 2.45) is 0 Å². The third-order valence-corrected chi connectivity index (χ3v) is 5.46. The second-order valence-electron chi connectivity index (χ2n) is 6.69. The Morgan fingerprint density at radius 2 is 2.10 bits per heavy atom. The highest BCUT2D eigenvalue weighted by Crippen LogP contribution is 2.51. The molecule has 3 nitrogen and oxygen atoms in total. The van der Waals surface area contributed by atoms with Gasteiger partial charge in [0.2, 0.25) is 5.91 Å². The Morgan fingerprint density at radius 1 is 1.29 bits per heavy atom. The predicted molar refractivity (Wildman–Crippen MR) is 79.9 cm³/mol. The molecule has 1 N–H and O–H groups in total. The number of hydrogen-bond donors (Lipinski definition) is 1. The summed E-state index contributed by atoms with van der Waals surface area (Å²) in [4.78, 5) is 14.7. The highest BCUT2D eigenvalue weighted by molar-refractivity contribution is 6.00. The number of nitrogens with zero attached hydrogens (tertiary/aromatic N) is 1. The fourth-order valence-corrected chi connectivity index (χ4v) is 4.47. The summed E-state index contributed by atoms with van der Waals surface area (Å²) in [5.74, 6) is -0.00722. The van der Waals surface area contributed by atoms with Gasteiger partial charge in [-0.05, 0) is 44.4 Å². The van der Waals surface area contributed by atoms with Crippen LogP contribution in [0.4, 0.5) is 10.1 Å². The monoisotopic (exact) mass is 288 g/mol. The standard InChI is InChI=1S/C17H21FN2O/c18-12-5-3-7-14-15(12)17(8-1-2-9-17)11-20(14)16(21)13-6-4-10-19-13/h3,5,7,13,19H,1-2,4,6,8-11H2/t13-/m1/s1. The van der Waals surface area contributed by atoms with Crippen LogP contribution in [0.2, 0.25) is 0 Å². The number of rotatable bonds is 1. The Hall–Kier alpha value is -1.42. The Morgan fingerprint density at radius 3 is 2.81 bits per heavy atom. The number of hydrogen-bond acceptors (Lipinski definition) is 2. The van der Waals surface area contributed by atoms with E-state index in [2.05, 4.69) is 5.32 Å². The number of anilines is 1. The van der Waals surface area contributed by atoms with Crippen molar-refractivity contribution in [2.75, 3.05) is 18.0 Å². The molecule has 3 aliphatic rings. The average Bonchev–Trinajstić information content (AvgIpc) is 3.21. The number of carbonyl (C=O) groups excluding carboxylic acids is 1. The van der Waals surface area contributed by atoms with E-state index in [1.807, 2.05) is 11.0 Å². The third-order valence-electron chi connectivity index (χ3n) is 5.46. The van der Waals surface area contributed by atoms with E-state index in [0.29, 0.717) is 6.54 Å². The third kappa shape index (κ3) is 1.92. The molecule has 0 unspecified atom stereocenters. The van der Waals surface area contributed by atoms with Crippen molar-refractivity contribution in [1.82, 2.24) is 5.32 Å². The maximum absolute atomic E-state index is 14.4.